The van der Waals surface area contributed by atoms with Crippen LogP contribution >= 0.6 is 0 Å². The maximum Gasteiger partial charge on any atom is 0.317 e. The number of carbonyl (C=O) groups is 1. The fourth-order valence-corrected chi connectivity index (χ4v) is 6.83. The Hall–Kier alpha value is -2.99. The first-order valence-corrected chi connectivity index (χ1v) is 13.7. The molecule has 6 heteroatoms. The molecule has 2 aromatic carbocycles. The second-order valence-electron chi connectivity index (χ2n) is 11.1. The number of ether oxygens (including phenoxy) is 1. The molecule has 7 rings (SSSR count). The van der Waals surface area contributed by atoms with Crippen LogP contribution in [0.2, 0.25) is 0 Å². The van der Waals surface area contributed by atoms with Gasteiger partial charge in [-0.25, -0.2) is 0 Å². The van der Waals surface area contributed by atoms with Gasteiger partial charge in [-0.05, 0) is 30.5 Å². The number of benzene rings is 2. The van der Waals surface area contributed by atoms with Gasteiger partial charge < -0.3 is 13.6 Å². The maximum atomic E-state index is 14.0. The third kappa shape index (κ3) is 4.47. The second kappa shape index (κ2) is 9.81. The lowest BCUT2D eigenvalue weighted by molar-refractivity contribution is -0.959. The molecule has 2 bridgehead atoms. The smallest absolute Gasteiger partial charge is 0.317 e. The van der Waals surface area contributed by atoms with Gasteiger partial charge in [-0.2, -0.15) is 0 Å². The van der Waals surface area contributed by atoms with Crippen molar-refractivity contribution in [3.63, 3.8) is 0 Å². The Kier molecular flexibility index (Phi) is 6.38. The Morgan fingerprint density at radius 2 is 1.58 bits per heavy atom. The van der Waals surface area contributed by atoms with E-state index in [1.165, 1.54) is 12.8 Å². The summed E-state index contributed by atoms with van der Waals surface area (Å²) in [4.78, 5) is 14.0. The van der Waals surface area contributed by atoms with Crippen LogP contribution < -0.4 is 0 Å². The number of esters is 1. The van der Waals surface area contributed by atoms with Gasteiger partial charge >= 0.3 is 5.97 Å². The third-order valence-electron chi connectivity index (χ3n) is 8.93. The molecule has 3 aromatic rings. The van der Waals surface area contributed by atoms with E-state index in [0.717, 1.165) is 73.8 Å². The molecule has 3 aliphatic heterocycles. The summed E-state index contributed by atoms with van der Waals surface area (Å²) in [5, 5.41) is 8.68. The highest BCUT2D eigenvalue weighted by molar-refractivity contribution is 5.83. The first-order chi connectivity index (χ1) is 17.7. The van der Waals surface area contributed by atoms with Crippen molar-refractivity contribution >= 4 is 5.97 Å². The molecule has 4 fully saturated rings. The van der Waals surface area contributed by atoms with Gasteiger partial charge in [0.2, 0.25) is 5.89 Å². The number of fused-ring (bicyclic) bond motifs is 3. The van der Waals surface area contributed by atoms with Crippen LogP contribution in [-0.4, -0.2) is 46.4 Å². The van der Waals surface area contributed by atoms with Crippen molar-refractivity contribution in [3.05, 3.63) is 72.1 Å². The molecular weight excluding hydrogens is 450 g/mol. The largest absolute Gasteiger partial charge is 0.455 e. The molecule has 0 N–H and O–H groups in total. The summed E-state index contributed by atoms with van der Waals surface area (Å²) in [5.41, 5.74) is 1.56. The molecule has 1 aliphatic carbocycles. The van der Waals surface area contributed by atoms with E-state index in [1.807, 2.05) is 36.4 Å². The number of hydrogen-bond donors (Lipinski definition) is 0. The molecule has 1 saturated carbocycles. The molecule has 188 valence electrons. The van der Waals surface area contributed by atoms with E-state index < -0.39 is 5.41 Å². The fourth-order valence-electron chi connectivity index (χ4n) is 6.83. The van der Waals surface area contributed by atoms with Gasteiger partial charge in [0.1, 0.15) is 6.54 Å². The molecule has 6 nitrogen and oxygen atoms in total. The van der Waals surface area contributed by atoms with Crippen LogP contribution in [0.5, 0.6) is 0 Å². The number of rotatable bonds is 6. The standard InChI is InChI=1S/C30H36N3O3/c34-29(30(17-9-1-2-10-18-30)25-13-7-4-8-14-25)35-26-21-33(19-15-23(26)16-20-33)22-27-31-32-28(36-27)24-11-5-3-6-12-24/h3-8,11-14,23,26H,1-2,9-10,15-22H2/q+1/t23?,26-,33?/m0/s1. The summed E-state index contributed by atoms with van der Waals surface area (Å²) in [5.74, 6) is 1.69. The van der Waals surface area contributed by atoms with Crippen LogP contribution in [0.25, 0.3) is 11.5 Å². The molecule has 4 aliphatic rings. The van der Waals surface area contributed by atoms with Crippen molar-refractivity contribution in [3.8, 4) is 11.5 Å². The molecular formula is C30H36N3O3+. The van der Waals surface area contributed by atoms with Gasteiger partial charge in [0.15, 0.2) is 12.6 Å². The Morgan fingerprint density at radius 3 is 2.28 bits per heavy atom. The van der Waals surface area contributed by atoms with Gasteiger partial charge in [-0.1, -0.05) is 74.2 Å². The van der Waals surface area contributed by atoms with Crippen LogP contribution in [0.1, 0.15) is 62.8 Å². The third-order valence-corrected chi connectivity index (χ3v) is 8.93. The van der Waals surface area contributed by atoms with Gasteiger partial charge in [0.25, 0.3) is 5.89 Å². The average molecular weight is 487 g/mol. The van der Waals surface area contributed by atoms with E-state index in [0.29, 0.717) is 24.2 Å². The summed E-state index contributed by atoms with van der Waals surface area (Å²) in [6.45, 7) is 3.69. The van der Waals surface area contributed by atoms with Crippen molar-refractivity contribution in [2.24, 2.45) is 5.92 Å². The predicted molar refractivity (Wildman–Crippen MR) is 137 cm³/mol. The molecule has 36 heavy (non-hydrogen) atoms. The van der Waals surface area contributed by atoms with Crippen LogP contribution in [-0.2, 0) is 21.5 Å². The number of piperidine rings is 3. The van der Waals surface area contributed by atoms with Crippen molar-refractivity contribution in [2.75, 3.05) is 19.6 Å². The van der Waals surface area contributed by atoms with Crippen LogP contribution in [0.3, 0.4) is 0 Å². The van der Waals surface area contributed by atoms with Crippen molar-refractivity contribution < 1.29 is 18.4 Å². The summed E-state index contributed by atoms with van der Waals surface area (Å²) >= 11 is 0. The topological polar surface area (TPSA) is 65.2 Å². The highest BCUT2D eigenvalue weighted by Gasteiger charge is 2.51. The van der Waals surface area contributed by atoms with Gasteiger partial charge in [-0.15, -0.1) is 10.2 Å². The number of nitrogens with zero attached hydrogens (tertiary/aromatic N) is 3. The van der Waals surface area contributed by atoms with Crippen molar-refractivity contribution in [1.29, 1.82) is 0 Å². The van der Waals surface area contributed by atoms with E-state index in [4.69, 9.17) is 9.15 Å². The van der Waals surface area contributed by atoms with Gasteiger partial charge in [0.05, 0.1) is 18.5 Å². The molecule has 0 unspecified atom stereocenters. The molecule has 0 amide bonds. The zero-order valence-electron chi connectivity index (χ0n) is 21.0. The summed E-state index contributed by atoms with van der Waals surface area (Å²) < 4.78 is 13.4. The van der Waals surface area contributed by atoms with Crippen molar-refractivity contribution in [2.45, 2.75) is 69.4 Å². The lowest BCUT2D eigenvalue weighted by Gasteiger charge is -2.51. The number of aromatic nitrogens is 2. The zero-order chi connectivity index (χ0) is 24.4. The Balaban J connectivity index is 1.19. The number of hydrogen-bond acceptors (Lipinski definition) is 5. The number of carbonyl (C=O) groups excluding carboxylic acids is 1. The summed E-state index contributed by atoms with van der Waals surface area (Å²) in [7, 11) is 0. The molecule has 0 spiro atoms. The first-order valence-electron chi connectivity index (χ1n) is 13.7. The summed E-state index contributed by atoms with van der Waals surface area (Å²) in [6, 6.07) is 20.3. The average Bonchev–Trinajstić information content (AvgIpc) is 3.23. The minimum atomic E-state index is -0.508. The molecule has 3 saturated heterocycles. The summed E-state index contributed by atoms with van der Waals surface area (Å²) in [6.07, 6.45) is 8.45. The second-order valence-corrected chi connectivity index (χ2v) is 11.1. The lowest BCUT2D eigenvalue weighted by atomic mass is 9.74. The Labute approximate surface area is 213 Å². The van der Waals surface area contributed by atoms with E-state index >= 15 is 0 Å². The molecule has 1 aromatic heterocycles. The van der Waals surface area contributed by atoms with E-state index in [2.05, 4.69) is 34.5 Å². The van der Waals surface area contributed by atoms with E-state index in [9.17, 15) is 4.79 Å². The quantitative estimate of drug-likeness (QED) is 0.255. The Bertz CT molecular complexity index is 1160. The zero-order valence-corrected chi connectivity index (χ0v) is 21.0. The minimum absolute atomic E-state index is 0.00310. The molecule has 0 radical (unpaired) electrons. The SMILES string of the molecule is O=C(O[C@H]1C[N+]2(Cc3nnc(-c4ccccc4)o3)CCC1CC2)C1(c2ccccc2)CCCCCC1. The van der Waals surface area contributed by atoms with Crippen LogP contribution in [0, 0.1) is 5.92 Å². The highest BCUT2D eigenvalue weighted by atomic mass is 16.5. The lowest BCUT2D eigenvalue weighted by Crippen LogP contribution is -2.64. The molecule has 4 heterocycles. The highest BCUT2D eigenvalue weighted by Crippen LogP contribution is 2.42. The monoisotopic (exact) mass is 486 g/mol. The van der Waals surface area contributed by atoms with Crippen molar-refractivity contribution in [1.82, 2.24) is 10.2 Å². The van der Waals surface area contributed by atoms with E-state index in [-0.39, 0.29) is 12.1 Å². The fraction of sp³-hybridized carbons (Fsp3) is 0.500. The minimum Gasteiger partial charge on any atom is -0.455 e. The molecule has 1 atom stereocenters. The maximum absolute atomic E-state index is 14.0. The first kappa shape index (κ1) is 23.4. The van der Waals surface area contributed by atoms with Crippen LogP contribution in [0.15, 0.2) is 65.1 Å². The normalized spacial score (nSPS) is 27.3. The van der Waals surface area contributed by atoms with Gasteiger partial charge in [0, 0.05) is 24.3 Å². The van der Waals surface area contributed by atoms with E-state index in [1.54, 1.807) is 0 Å². The van der Waals surface area contributed by atoms with Crippen LogP contribution in [0.4, 0.5) is 0 Å². The predicted octanol–water partition coefficient (Wildman–Crippen LogP) is 5.68. The number of quaternary nitrogens is 1. The Morgan fingerprint density at radius 1 is 0.917 bits per heavy atom. The van der Waals surface area contributed by atoms with Gasteiger partial charge in [-0.3, -0.25) is 4.79 Å².